The number of aryl methyl sites for hydroxylation is 1. The number of hydrogen-bond donors (Lipinski definition) is 2. The maximum absolute atomic E-state index is 12.8. The number of anilines is 2. The van der Waals surface area contributed by atoms with Crippen molar-refractivity contribution < 1.29 is 19.1 Å². The van der Waals surface area contributed by atoms with Crippen LogP contribution in [0.5, 0.6) is 11.5 Å². The molecule has 160 valence electrons. The van der Waals surface area contributed by atoms with E-state index in [0.29, 0.717) is 40.1 Å². The maximum Gasteiger partial charge on any atom is 0.255 e. The second kappa shape index (κ2) is 10.00. The summed E-state index contributed by atoms with van der Waals surface area (Å²) in [6.45, 7) is 3.66. The number of carbonyl (C=O) groups excluding carboxylic acids is 2. The quantitative estimate of drug-likeness (QED) is 0.514. The normalized spacial score (nSPS) is 10.3. The number of amides is 2. The van der Waals surface area contributed by atoms with Gasteiger partial charge in [-0.2, -0.15) is 0 Å². The number of carbonyl (C=O) groups is 2. The molecule has 2 N–H and O–H groups in total. The van der Waals surface area contributed by atoms with Crippen LogP contribution in [0.3, 0.4) is 0 Å². The van der Waals surface area contributed by atoms with E-state index in [1.54, 1.807) is 42.5 Å². The smallest absolute Gasteiger partial charge is 0.255 e. The number of methoxy groups -OCH3 is 1. The highest BCUT2D eigenvalue weighted by atomic mass is 35.5. The first-order valence-electron chi connectivity index (χ1n) is 9.60. The summed E-state index contributed by atoms with van der Waals surface area (Å²) >= 11 is 5.91. The van der Waals surface area contributed by atoms with E-state index in [1.807, 2.05) is 25.1 Å². The number of benzene rings is 3. The summed E-state index contributed by atoms with van der Waals surface area (Å²) in [6, 6.07) is 17.7. The molecule has 0 aliphatic heterocycles. The standard InChI is InChI=1S/C24H23ClN2O4/c1-15-4-10-20(26-16(2)28)21(12-15)27-24(29)18-7-11-22(23(13-18)30-3)31-14-17-5-8-19(25)9-6-17/h4-13H,14H2,1-3H3,(H,26,28)(H,27,29). The molecule has 0 aliphatic carbocycles. The fourth-order valence-corrected chi connectivity index (χ4v) is 3.05. The average molecular weight is 439 g/mol. The number of halogens is 1. The van der Waals surface area contributed by atoms with Crippen LogP contribution in [0, 0.1) is 6.92 Å². The lowest BCUT2D eigenvalue weighted by Gasteiger charge is -2.14. The maximum atomic E-state index is 12.8. The van der Waals surface area contributed by atoms with Crippen LogP contribution in [0.2, 0.25) is 5.02 Å². The Hall–Kier alpha value is -3.51. The Balaban J connectivity index is 1.76. The van der Waals surface area contributed by atoms with Crippen molar-refractivity contribution in [3.63, 3.8) is 0 Å². The van der Waals surface area contributed by atoms with Gasteiger partial charge < -0.3 is 20.1 Å². The zero-order valence-corrected chi connectivity index (χ0v) is 18.2. The number of nitrogens with one attached hydrogen (secondary N) is 2. The fraction of sp³-hybridized carbons (Fsp3) is 0.167. The predicted octanol–water partition coefficient (Wildman–Crippen LogP) is 5.45. The first kappa shape index (κ1) is 22.2. The molecule has 0 heterocycles. The molecule has 0 unspecified atom stereocenters. The summed E-state index contributed by atoms with van der Waals surface area (Å²) in [5.41, 5.74) is 3.35. The third-order valence-electron chi connectivity index (χ3n) is 4.47. The van der Waals surface area contributed by atoms with E-state index in [0.717, 1.165) is 11.1 Å². The highest BCUT2D eigenvalue weighted by molar-refractivity contribution is 6.30. The summed E-state index contributed by atoms with van der Waals surface area (Å²) < 4.78 is 11.2. The third kappa shape index (κ3) is 5.99. The molecular weight excluding hydrogens is 416 g/mol. The summed E-state index contributed by atoms with van der Waals surface area (Å²) in [4.78, 5) is 24.3. The molecule has 6 nitrogen and oxygen atoms in total. The van der Waals surface area contributed by atoms with Gasteiger partial charge in [-0.3, -0.25) is 9.59 Å². The van der Waals surface area contributed by atoms with Gasteiger partial charge in [-0.25, -0.2) is 0 Å². The lowest BCUT2D eigenvalue weighted by atomic mass is 10.1. The Morgan fingerprint density at radius 3 is 2.32 bits per heavy atom. The van der Waals surface area contributed by atoms with Crippen LogP contribution < -0.4 is 20.1 Å². The van der Waals surface area contributed by atoms with Crippen molar-refractivity contribution >= 4 is 34.8 Å². The highest BCUT2D eigenvalue weighted by Crippen LogP contribution is 2.30. The van der Waals surface area contributed by atoms with Crippen LogP contribution in [-0.4, -0.2) is 18.9 Å². The van der Waals surface area contributed by atoms with Crippen LogP contribution in [-0.2, 0) is 11.4 Å². The molecule has 0 atom stereocenters. The number of ether oxygens (including phenoxy) is 2. The Labute approximate surface area is 186 Å². The topological polar surface area (TPSA) is 76.7 Å². The Morgan fingerprint density at radius 1 is 0.903 bits per heavy atom. The molecular formula is C24H23ClN2O4. The third-order valence-corrected chi connectivity index (χ3v) is 4.72. The van der Waals surface area contributed by atoms with Gasteiger partial charge >= 0.3 is 0 Å². The van der Waals surface area contributed by atoms with E-state index in [1.165, 1.54) is 14.0 Å². The van der Waals surface area contributed by atoms with E-state index < -0.39 is 0 Å². The van der Waals surface area contributed by atoms with E-state index >= 15 is 0 Å². The van der Waals surface area contributed by atoms with Crippen molar-refractivity contribution in [2.45, 2.75) is 20.5 Å². The van der Waals surface area contributed by atoms with Crippen molar-refractivity contribution in [1.29, 1.82) is 0 Å². The molecule has 0 saturated heterocycles. The van der Waals surface area contributed by atoms with Gasteiger partial charge in [-0.1, -0.05) is 29.8 Å². The molecule has 0 bridgehead atoms. The minimum absolute atomic E-state index is 0.219. The lowest BCUT2D eigenvalue weighted by molar-refractivity contribution is -0.114. The molecule has 0 radical (unpaired) electrons. The zero-order valence-electron chi connectivity index (χ0n) is 17.5. The lowest BCUT2D eigenvalue weighted by Crippen LogP contribution is -2.15. The molecule has 3 rings (SSSR count). The zero-order chi connectivity index (χ0) is 22.4. The largest absolute Gasteiger partial charge is 0.493 e. The number of hydrogen-bond acceptors (Lipinski definition) is 4. The Morgan fingerprint density at radius 2 is 1.65 bits per heavy atom. The van der Waals surface area contributed by atoms with E-state index in [4.69, 9.17) is 21.1 Å². The highest BCUT2D eigenvalue weighted by Gasteiger charge is 2.14. The summed E-state index contributed by atoms with van der Waals surface area (Å²) in [6.07, 6.45) is 0. The summed E-state index contributed by atoms with van der Waals surface area (Å²) in [5.74, 6) is 0.402. The molecule has 31 heavy (non-hydrogen) atoms. The van der Waals surface area contributed by atoms with Crippen LogP contribution >= 0.6 is 11.6 Å². The second-order valence-electron chi connectivity index (χ2n) is 6.97. The van der Waals surface area contributed by atoms with Gasteiger partial charge in [0.1, 0.15) is 6.61 Å². The average Bonchev–Trinajstić information content (AvgIpc) is 2.75. The minimum atomic E-state index is -0.334. The second-order valence-corrected chi connectivity index (χ2v) is 7.40. The predicted molar refractivity (Wildman–Crippen MR) is 122 cm³/mol. The van der Waals surface area contributed by atoms with Crippen molar-refractivity contribution in [3.8, 4) is 11.5 Å². The monoisotopic (exact) mass is 438 g/mol. The Bertz CT molecular complexity index is 1100. The van der Waals surface area contributed by atoms with E-state index in [9.17, 15) is 9.59 Å². The number of rotatable bonds is 7. The van der Waals surface area contributed by atoms with E-state index in [-0.39, 0.29) is 11.8 Å². The van der Waals surface area contributed by atoms with Gasteiger partial charge in [0.25, 0.3) is 5.91 Å². The van der Waals surface area contributed by atoms with Crippen molar-refractivity contribution in [2.24, 2.45) is 0 Å². The molecule has 0 aromatic heterocycles. The van der Waals surface area contributed by atoms with Gasteiger partial charge in [0.15, 0.2) is 11.5 Å². The minimum Gasteiger partial charge on any atom is -0.493 e. The van der Waals surface area contributed by atoms with Gasteiger partial charge in [0, 0.05) is 17.5 Å². The van der Waals surface area contributed by atoms with Crippen LogP contribution in [0.1, 0.15) is 28.4 Å². The van der Waals surface area contributed by atoms with Crippen molar-refractivity contribution in [3.05, 3.63) is 82.4 Å². The molecule has 0 saturated carbocycles. The van der Waals surface area contributed by atoms with Crippen LogP contribution in [0.25, 0.3) is 0 Å². The first-order chi connectivity index (χ1) is 14.9. The summed E-state index contributed by atoms with van der Waals surface area (Å²) in [7, 11) is 1.52. The SMILES string of the molecule is COc1cc(C(=O)Nc2cc(C)ccc2NC(C)=O)ccc1OCc1ccc(Cl)cc1. The van der Waals surface area contributed by atoms with Gasteiger partial charge in [0.2, 0.25) is 5.91 Å². The van der Waals surface area contributed by atoms with Crippen LogP contribution in [0.15, 0.2) is 60.7 Å². The molecule has 0 fully saturated rings. The molecule has 0 aliphatic rings. The molecule has 7 heteroatoms. The van der Waals surface area contributed by atoms with Crippen molar-refractivity contribution in [1.82, 2.24) is 0 Å². The fourth-order valence-electron chi connectivity index (χ4n) is 2.92. The molecule has 3 aromatic rings. The van der Waals surface area contributed by atoms with Crippen LogP contribution in [0.4, 0.5) is 11.4 Å². The molecule has 2 amide bonds. The Kier molecular flexibility index (Phi) is 7.15. The first-order valence-corrected chi connectivity index (χ1v) is 9.98. The van der Waals surface area contributed by atoms with Gasteiger partial charge in [0.05, 0.1) is 18.5 Å². The van der Waals surface area contributed by atoms with Crippen molar-refractivity contribution in [2.75, 3.05) is 17.7 Å². The van der Waals surface area contributed by atoms with E-state index in [2.05, 4.69) is 10.6 Å². The van der Waals surface area contributed by atoms with Gasteiger partial charge in [-0.15, -0.1) is 0 Å². The summed E-state index contributed by atoms with van der Waals surface area (Å²) in [5, 5.41) is 6.22. The molecule has 0 spiro atoms. The van der Waals surface area contributed by atoms with Gasteiger partial charge in [-0.05, 0) is 60.5 Å². The molecule has 3 aromatic carbocycles.